The number of rotatable bonds is 12. The molecule has 2 aromatic rings. The Balaban J connectivity index is 2.21. The van der Waals surface area contributed by atoms with Crippen LogP contribution in [0.1, 0.15) is 72.5 Å². The van der Waals surface area contributed by atoms with Crippen LogP contribution in [0.2, 0.25) is 5.02 Å². The van der Waals surface area contributed by atoms with Gasteiger partial charge in [-0.3, -0.25) is 9.93 Å². The lowest BCUT2D eigenvalue weighted by atomic mass is 9.85. The highest BCUT2D eigenvalue weighted by atomic mass is 35.5. The Morgan fingerprint density at radius 1 is 1.24 bits per heavy atom. The van der Waals surface area contributed by atoms with Gasteiger partial charge in [0.05, 0.1) is 27.2 Å². The highest BCUT2D eigenvalue weighted by molar-refractivity contribution is 7.84. The number of hydrogen-bond donors (Lipinski definition) is 1. The highest BCUT2D eigenvalue weighted by Crippen LogP contribution is 2.38. The standard InChI is InChI=1S/C23H29ClF3NO3S2/c1-4-17-7-9-21(32-17)20(29)12-15(14-22(2,3)33(28)30)18-8-6-16(13-19(18)24)31-11-5-10-23(25,26)27/h6-9,13,15H,4-5,10-12,14,28H2,1-3H3/t15-,33?/m0/s1. The third-order valence-corrected chi connectivity index (χ3v) is 8.14. The molecule has 33 heavy (non-hydrogen) atoms. The average Bonchev–Trinajstić information content (AvgIpc) is 3.19. The summed E-state index contributed by atoms with van der Waals surface area (Å²) in [4.78, 5) is 14.8. The van der Waals surface area contributed by atoms with E-state index in [9.17, 15) is 22.2 Å². The molecule has 2 atom stereocenters. The van der Waals surface area contributed by atoms with Crippen molar-refractivity contribution in [1.82, 2.24) is 0 Å². The smallest absolute Gasteiger partial charge is 0.389 e. The summed E-state index contributed by atoms with van der Waals surface area (Å²) < 4.78 is 53.6. The van der Waals surface area contributed by atoms with E-state index in [1.807, 2.05) is 19.1 Å². The quantitative estimate of drug-likeness (QED) is 0.245. The summed E-state index contributed by atoms with van der Waals surface area (Å²) in [6, 6.07) is 8.62. The fourth-order valence-electron chi connectivity index (χ4n) is 3.40. The second kappa shape index (κ2) is 11.8. The molecular weight excluding hydrogens is 495 g/mol. The molecule has 0 fully saturated rings. The molecule has 4 nitrogen and oxygen atoms in total. The maximum Gasteiger partial charge on any atom is 0.389 e. The molecule has 0 radical (unpaired) electrons. The monoisotopic (exact) mass is 523 g/mol. The van der Waals surface area contributed by atoms with Crippen molar-refractivity contribution in [2.24, 2.45) is 5.14 Å². The van der Waals surface area contributed by atoms with Crippen LogP contribution in [0.25, 0.3) is 0 Å². The van der Waals surface area contributed by atoms with E-state index < -0.39 is 28.3 Å². The van der Waals surface area contributed by atoms with Gasteiger partial charge in [-0.1, -0.05) is 24.6 Å². The molecule has 0 aliphatic rings. The number of carbonyl (C=O) groups is 1. The minimum absolute atomic E-state index is 0.0353. The van der Waals surface area contributed by atoms with Gasteiger partial charge in [-0.2, -0.15) is 13.2 Å². The van der Waals surface area contributed by atoms with Gasteiger partial charge in [0.25, 0.3) is 0 Å². The normalized spacial score (nSPS) is 14.2. The lowest BCUT2D eigenvalue weighted by molar-refractivity contribution is -0.136. The van der Waals surface area contributed by atoms with Crippen molar-refractivity contribution >= 4 is 39.7 Å². The van der Waals surface area contributed by atoms with Gasteiger partial charge in [-0.25, -0.2) is 4.21 Å². The number of halogens is 4. The van der Waals surface area contributed by atoms with Crippen LogP contribution in [0.15, 0.2) is 30.3 Å². The number of carbonyl (C=O) groups excluding carboxylic acids is 1. The fourth-order valence-corrected chi connectivity index (χ4v) is 4.99. The molecule has 0 aliphatic heterocycles. The Bertz CT molecular complexity index is 976. The van der Waals surface area contributed by atoms with Crippen LogP contribution in [-0.2, 0) is 17.4 Å². The first kappa shape index (κ1) is 27.8. The number of nitrogens with two attached hydrogens (primary N) is 1. The van der Waals surface area contributed by atoms with Gasteiger partial charge in [0.2, 0.25) is 0 Å². The van der Waals surface area contributed by atoms with E-state index in [0.29, 0.717) is 27.6 Å². The zero-order valence-corrected chi connectivity index (χ0v) is 21.2. The minimum Gasteiger partial charge on any atom is -0.494 e. The number of thiophene rings is 1. The Morgan fingerprint density at radius 3 is 2.48 bits per heavy atom. The summed E-state index contributed by atoms with van der Waals surface area (Å²) in [5.74, 6) is -0.0330. The molecule has 2 rings (SSSR count). The van der Waals surface area contributed by atoms with Crippen molar-refractivity contribution in [3.05, 3.63) is 50.7 Å². The summed E-state index contributed by atoms with van der Waals surface area (Å²) in [7, 11) is -1.62. The molecular formula is C23H29ClF3NO3S2. The minimum atomic E-state index is -4.22. The first-order valence-electron chi connectivity index (χ1n) is 10.6. The topological polar surface area (TPSA) is 69.4 Å². The van der Waals surface area contributed by atoms with Gasteiger partial charge in [0.1, 0.15) is 5.75 Å². The Hall–Kier alpha value is -1.42. The second-order valence-electron chi connectivity index (χ2n) is 8.46. The first-order valence-corrected chi connectivity index (χ1v) is 13.0. The van der Waals surface area contributed by atoms with E-state index in [1.54, 1.807) is 26.0 Å². The summed E-state index contributed by atoms with van der Waals surface area (Å²) in [6.07, 6.45) is -3.93. The van der Waals surface area contributed by atoms with Crippen molar-refractivity contribution in [2.75, 3.05) is 6.61 Å². The molecule has 0 spiro atoms. The van der Waals surface area contributed by atoms with Crippen LogP contribution in [0.3, 0.4) is 0 Å². The number of ether oxygens (including phenoxy) is 1. The maximum absolute atomic E-state index is 13.0. The molecule has 1 aromatic carbocycles. The molecule has 1 aromatic heterocycles. The zero-order valence-electron chi connectivity index (χ0n) is 18.8. The van der Waals surface area contributed by atoms with Gasteiger partial charge >= 0.3 is 6.18 Å². The van der Waals surface area contributed by atoms with Gasteiger partial charge < -0.3 is 4.74 Å². The van der Waals surface area contributed by atoms with Crippen molar-refractivity contribution in [2.45, 2.75) is 69.7 Å². The number of ketones is 1. The molecule has 2 N–H and O–H groups in total. The average molecular weight is 524 g/mol. The molecule has 0 bridgehead atoms. The largest absolute Gasteiger partial charge is 0.494 e. The third kappa shape index (κ3) is 8.70. The third-order valence-electron chi connectivity index (χ3n) is 5.28. The Morgan fingerprint density at radius 2 is 1.94 bits per heavy atom. The number of benzene rings is 1. The van der Waals surface area contributed by atoms with Gasteiger partial charge in [-0.05, 0) is 68.9 Å². The summed E-state index contributed by atoms with van der Waals surface area (Å²) in [5, 5.41) is 6.01. The second-order valence-corrected chi connectivity index (χ2v) is 11.7. The van der Waals surface area contributed by atoms with Crippen LogP contribution in [0, 0.1) is 0 Å². The van der Waals surface area contributed by atoms with E-state index >= 15 is 0 Å². The molecule has 10 heteroatoms. The van der Waals surface area contributed by atoms with E-state index in [-0.39, 0.29) is 31.1 Å². The van der Waals surface area contributed by atoms with E-state index in [0.717, 1.165) is 11.3 Å². The van der Waals surface area contributed by atoms with Crippen LogP contribution in [-0.4, -0.2) is 27.5 Å². The molecule has 1 heterocycles. The molecule has 184 valence electrons. The highest BCUT2D eigenvalue weighted by Gasteiger charge is 2.31. The number of alkyl halides is 3. The SMILES string of the molecule is CCc1ccc(C(=O)C[C@@H](CC(C)(C)S(N)=O)c2ccc(OCCCC(F)(F)F)cc2Cl)s1. The lowest BCUT2D eigenvalue weighted by Gasteiger charge is -2.28. The summed E-state index contributed by atoms with van der Waals surface area (Å²) >= 11 is 7.95. The molecule has 0 amide bonds. The fraction of sp³-hybridized carbons (Fsp3) is 0.522. The van der Waals surface area contributed by atoms with Crippen LogP contribution in [0.4, 0.5) is 13.2 Å². The van der Waals surface area contributed by atoms with Crippen LogP contribution < -0.4 is 9.88 Å². The van der Waals surface area contributed by atoms with Crippen molar-refractivity contribution in [3.8, 4) is 5.75 Å². The summed E-state index contributed by atoms with van der Waals surface area (Å²) in [6.45, 7) is 5.48. The van der Waals surface area contributed by atoms with Crippen LogP contribution >= 0.6 is 22.9 Å². The summed E-state index contributed by atoms with van der Waals surface area (Å²) in [5.41, 5.74) is 0.679. The van der Waals surface area contributed by atoms with Gasteiger partial charge in [0.15, 0.2) is 5.78 Å². The molecule has 0 saturated carbocycles. The van der Waals surface area contributed by atoms with Crippen LogP contribution in [0.5, 0.6) is 5.75 Å². The predicted octanol–water partition coefficient (Wildman–Crippen LogP) is 6.83. The van der Waals surface area contributed by atoms with Crippen molar-refractivity contribution in [1.29, 1.82) is 0 Å². The molecule has 0 saturated heterocycles. The van der Waals surface area contributed by atoms with Gasteiger partial charge in [0, 0.05) is 22.7 Å². The van der Waals surface area contributed by atoms with Gasteiger partial charge in [-0.15, -0.1) is 11.3 Å². The molecule has 1 unspecified atom stereocenters. The lowest BCUT2D eigenvalue weighted by Crippen LogP contribution is -2.34. The predicted molar refractivity (Wildman–Crippen MR) is 129 cm³/mol. The number of aryl methyl sites for hydroxylation is 1. The first-order chi connectivity index (χ1) is 15.3. The van der Waals surface area contributed by atoms with Crippen molar-refractivity contribution < 1.29 is 26.9 Å². The van der Waals surface area contributed by atoms with Crippen molar-refractivity contribution in [3.63, 3.8) is 0 Å². The van der Waals surface area contributed by atoms with E-state index in [1.165, 1.54) is 17.4 Å². The zero-order chi connectivity index (χ0) is 24.8. The number of Topliss-reactive ketones (excluding diaryl/α,β-unsaturated/α-hetero) is 1. The Kier molecular flexibility index (Phi) is 9.96. The maximum atomic E-state index is 13.0. The van der Waals surface area contributed by atoms with E-state index in [2.05, 4.69) is 0 Å². The molecule has 0 aliphatic carbocycles. The van der Waals surface area contributed by atoms with E-state index in [4.69, 9.17) is 21.5 Å². The Labute approximate surface area is 204 Å². The number of hydrogen-bond acceptors (Lipinski definition) is 4.